The van der Waals surface area contributed by atoms with Gasteiger partial charge < -0.3 is 20.5 Å². The molecule has 1 aromatic carbocycles. The van der Waals surface area contributed by atoms with Crippen molar-refractivity contribution in [2.24, 2.45) is 0 Å². The molecule has 7 heteroatoms. The summed E-state index contributed by atoms with van der Waals surface area (Å²) < 4.78 is 4.94. The Bertz CT molecular complexity index is 472. The van der Waals surface area contributed by atoms with E-state index in [0.29, 0.717) is 22.2 Å². The highest BCUT2D eigenvalue weighted by molar-refractivity contribution is 6.35. The van der Waals surface area contributed by atoms with E-state index >= 15 is 0 Å². The molecule has 0 heterocycles. The van der Waals surface area contributed by atoms with E-state index in [1.165, 1.54) is 0 Å². The number of benzene rings is 1. The van der Waals surface area contributed by atoms with Crippen LogP contribution in [0.3, 0.4) is 0 Å². The molecule has 0 saturated carbocycles. The molecule has 1 aromatic rings. The first-order valence-corrected chi connectivity index (χ1v) is 7.36. The lowest BCUT2D eigenvalue weighted by Gasteiger charge is -2.17. The van der Waals surface area contributed by atoms with Gasteiger partial charge in [-0.3, -0.25) is 0 Å². The van der Waals surface area contributed by atoms with Crippen molar-refractivity contribution in [2.75, 3.05) is 20.3 Å². The Morgan fingerprint density at radius 3 is 2.76 bits per heavy atom. The van der Waals surface area contributed by atoms with Gasteiger partial charge in [0.1, 0.15) is 0 Å². The molecule has 2 amide bonds. The van der Waals surface area contributed by atoms with Crippen molar-refractivity contribution in [3.05, 3.63) is 33.8 Å². The molecule has 118 valence electrons. The van der Waals surface area contributed by atoms with Crippen molar-refractivity contribution in [1.29, 1.82) is 0 Å². The zero-order chi connectivity index (χ0) is 15.8. The maximum atomic E-state index is 11.7. The van der Waals surface area contributed by atoms with Gasteiger partial charge in [-0.1, -0.05) is 29.3 Å². The molecule has 5 nitrogen and oxygen atoms in total. The number of methoxy groups -OCH3 is 1. The van der Waals surface area contributed by atoms with Gasteiger partial charge in [-0.25, -0.2) is 4.79 Å². The van der Waals surface area contributed by atoms with Gasteiger partial charge >= 0.3 is 6.03 Å². The largest absolute Gasteiger partial charge is 0.387 e. The Morgan fingerprint density at radius 2 is 2.14 bits per heavy atom. The van der Waals surface area contributed by atoms with Crippen LogP contribution in [0.5, 0.6) is 0 Å². The number of halogens is 2. The molecule has 0 saturated heterocycles. The standard InChI is InChI=1S/C14H20Cl2N2O3/c1-9(5-6-21-2)18-14(20)17-8-13(19)11-4-3-10(15)7-12(11)16/h3-4,7,9,13,19H,5-6,8H2,1-2H3,(H2,17,18,20)/t9-,13+/m0/s1. The second-order valence-electron chi connectivity index (χ2n) is 4.72. The summed E-state index contributed by atoms with van der Waals surface area (Å²) in [5, 5.41) is 16.2. The van der Waals surface area contributed by atoms with Crippen molar-refractivity contribution in [1.82, 2.24) is 10.6 Å². The Kier molecular flexibility index (Phi) is 7.82. The highest BCUT2D eigenvalue weighted by Gasteiger charge is 2.14. The molecule has 0 radical (unpaired) electrons. The Balaban J connectivity index is 2.41. The third-order valence-electron chi connectivity index (χ3n) is 2.91. The molecule has 0 spiro atoms. The maximum absolute atomic E-state index is 11.7. The van der Waals surface area contributed by atoms with Crippen LogP contribution in [0.1, 0.15) is 25.0 Å². The third kappa shape index (κ3) is 6.52. The van der Waals surface area contributed by atoms with Crippen LogP contribution in [0.15, 0.2) is 18.2 Å². The first-order valence-electron chi connectivity index (χ1n) is 6.60. The lowest BCUT2D eigenvalue weighted by Crippen LogP contribution is -2.42. The average molecular weight is 335 g/mol. The number of nitrogens with one attached hydrogen (secondary N) is 2. The van der Waals surface area contributed by atoms with Gasteiger partial charge in [-0.15, -0.1) is 0 Å². The number of ether oxygens (including phenoxy) is 1. The molecule has 2 atom stereocenters. The minimum Gasteiger partial charge on any atom is -0.387 e. The lowest BCUT2D eigenvalue weighted by atomic mass is 10.1. The van der Waals surface area contributed by atoms with Crippen molar-refractivity contribution in [3.8, 4) is 0 Å². The lowest BCUT2D eigenvalue weighted by molar-refractivity contribution is 0.169. The number of carbonyl (C=O) groups is 1. The molecule has 0 unspecified atom stereocenters. The predicted molar refractivity (Wildman–Crippen MR) is 83.9 cm³/mol. The highest BCUT2D eigenvalue weighted by Crippen LogP contribution is 2.25. The summed E-state index contributed by atoms with van der Waals surface area (Å²) in [6.07, 6.45) is -0.176. The molecule has 0 bridgehead atoms. The summed E-state index contributed by atoms with van der Waals surface area (Å²) in [6.45, 7) is 2.51. The van der Waals surface area contributed by atoms with E-state index in [-0.39, 0.29) is 18.6 Å². The second kappa shape index (κ2) is 9.10. The molecule has 0 aliphatic rings. The van der Waals surface area contributed by atoms with Crippen LogP contribution >= 0.6 is 23.2 Å². The van der Waals surface area contributed by atoms with E-state index in [1.54, 1.807) is 25.3 Å². The quantitative estimate of drug-likeness (QED) is 0.718. The molecule has 0 aliphatic carbocycles. The minimum absolute atomic E-state index is 0.0128. The molecule has 3 N–H and O–H groups in total. The van der Waals surface area contributed by atoms with Gasteiger partial charge in [0.2, 0.25) is 0 Å². The van der Waals surface area contributed by atoms with Crippen LogP contribution in [0, 0.1) is 0 Å². The number of hydrogen-bond donors (Lipinski definition) is 3. The number of hydrogen-bond acceptors (Lipinski definition) is 3. The van der Waals surface area contributed by atoms with Crippen LogP contribution in [0.2, 0.25) is 10.0 Å². The van der Waals surface area contributed by atoms with Gasteiger partial charge in [-0.2, -0.15) is 0 Å². The minimum atomic E-state index is -0.894. The number of aliphatic hydroxyl groups excluding tert-OH is 1. The SMILES string of the molecule is COCC[C@H](C)NC(=O)NC[C@@H](O)c1ccc(Cl)cc1Cl. The smallest absolute Gasteiger partial charge is 0.315 e. The third-order valence-corrected chi connectivity index (χ3v) is 3.47. The average Bonchev–Trinajstić information content (AvgIpc) is 2.42. The molecular formula is C14H20Cl2N2O3. The van der Waals surface area contributed by atoms with Crippen molar-refractivity contribution in [3.63, 3.8) is 0 Å². The first kappa shape index (κ1) is 18.0. The predicted octanol–water partition coefficient (Wildman–Crippen LogP) is 2.75. The van der Waals surface area contributed by atoms with E-state index in [9.17, 15) is 9.90 Å². The molecule has 0 aliphatic heterocycles. The van der Waals surface area contributed by atoms with E-state index in [2.05, 4.69) is 10.6 Å². The zero-order valence-electron chi connectivity index (χ0n) is 12.0. The van der Waals surface area contributed by atoms with E-state index in [4.69, 9.17) is 27.9 Å². The summed E-state index contributed by atoms with van der Waals surface area (Å²) >= 11 is 11.8. The fraction of sp³-hybridized carbons (Fsp3) is 0.500. The number of aliphatic hydroxyl groups is 1. The van der Waals surface area contributed by atoms with Crippen LogP contribution in [0.25, 0.3) is 0 Å². The summed E-state index contributed by atoms with van der Waals surface area (Å²) in [7, 11) is 1.61. The second-order valence-corrected chi connectivity index (χ2v) is 5.56. The maximum Gasteiger partial charge on any atom is 0.315 e. The zero-order valence-corrected chi connectivity index (χ0v) is 13.5. The van der Waals surface area contributed by atoms with E-state index in [0.717, 1.165) is 6.42 Å². The summed E-state index contributed by atoms with van der Waals surface area (Å²) in [5.74, 6) is 0. The van der Waals surface area contributed by atoms with Crippen LogP contribution in [0.4, 0.5) is 4.79 Å². The topological polar surface area (TPSA) is 70.6 Å². The number of carbonyl (C=O) groups excluding carboxylic acids is 1. The van der Waals surface area contributed by atoms with Crippen molar-refractivity contribution in [2.45, 2.75) is 25.5 Å². The molecule has 1 rings (SSSR count). The van der Waals surface area contributed by atoms with Gasteiger partial charge in [0.05, 0.1) is 6.10 Å². The first-order chi connectivity index (χ1) is 9.93. The fourth-order valence-electron chi connectivity index (χ4n) is 1.71. The van der Waals surface area contributed by atoms with Crippen LogP contribution in [-0.4, -0.2) is 37.4 Å². The fourth-order valence-corrected chi connectivity index (χ4v) is 2.25. The molecular weight excluding hydrogens is 315 g/mol. The van der Waals surface area contributed by atoms with E-state index < -0.39 is 6.10 Å². The normalized spacial score (nSPS) is 13.6. The number of urea groups is 1. The molecule has 0 fully saturated rings. The van der Waals surface area contributed by atoms with E-state index in [1.807, 2.05) is 6.92 Å². The summed E-state index contributed by atoms with van der Waals surface area (Å²) in [6, 6.07) is 4.47. The summed E-state index contributed by atoms with van der Waals surface area (Å²) in [4.78, 5) is 11.7. The number of rotatable bonds is 7. The Morgan fingerprint density at radius 1 is 1.43 bits per heavy atom. The van der Waals surface area contributed by atoms with Crippen molar-refractivity contribution >= 4 is 29.2 Å². The Labute approximate surface area is 134 Å². The van der Waals surface area contributed by atoms with Crippen molar-refractivity contribution < 1.29 is 14.6 Å². The summed E-state index contributed by atoms with van der Waals surface area (Å²) in [5.41, 5.74) is 0.522. The van der Waals surface area contributed by atoms with Gasteiger partial charge in [0.25, 0.3) is 0 Å². The van der Waals surface area contributed by atoms with Gasteiger partial charge in [0.15, 0.2) is 0 Å². The molecule has 21 heavy (non-hydrogen) atoms. The monoisotopic (exact) mass is 334 g/mol. The Hall–Kier alpha value is -1.01. The van der Waals surface area contributed by atoms with Crippen LogP contribution in [-0.2, 0) is 4.74 Å². The van der Waals surface area contributed by atoms with Crippen LogP contribution < -0.4 is 10.6 Å². The highest BCUT2D eigenvalue weighted by atomic mass is 35.5. The van der Waals surface area contributed by atoms with Gasteiger partial charge in [0, 0.05) is 41.9 Å². The van der Waals surface area contributed by atoms with Gasteiger partial charge in [-0.05, 0) is 25.5 Å². The molecule has 0 aromatic heterocycles. The number of amides is 2.